The van der Waals surface area contributed by atoms with Crippen LogP contribution in [0.15, 0.2) is 0 Å². The number of aliphatic hydroxyl groups excluding tert-OH is 1. The van der Waals surface area contributed by atoms with Gasteiger partial charge in [-0.3, -0.25) is 0 Å². The molecule has 0 bridgehead atoms. The molecule has 5 N–H and O–H groups in total. The summed E-state index contributed by atoms with van der Waals surface area (Å²) in [7, 11) is 0. The van der Waals surface area contributed by atoms with Gasteiger partial charge in [0.15, 0.2) is 5.79 Å². The van der Waals surface area contributed by atoms with Gasteiger partial charge in [0.05, 0.1) is 6.61 Å². The van der Waals surface area contributed by atoms with Crippen molar-refractivity contribution in [3.8, 4) is 0 Å². The van der Waals surface area contributed by atoms with E-state index in [1.54, 1.807) is 0 Å². The first kappa shape index (κ1) is 73.8. The van der Waals surface area contributed by atoms with E-state index in [0.29, 0.717) is 25.7 Å². The van der Waals surface area contributed by atoms with Crippen molar-refractivity contribution in [2.75, 3.05) is 6.61 Å². The van der Waals surface area contributed by atoms with Gasteiger partial charge in [0.25, 0.3) is 0 Å². The number of rotatable bonds is 61. The molecule has 0 aromatic heterocycles. The smallest absolute Gasteiger partial charge is 0.198 e. The van der Waals surface area contributed by atoms with Crippen molar-refractivity contribution in [3.63, 3.8) is 0 Å². The molecule has 0 saturated carbocycles. The second-order valence-corrected chi connectivity index (χ2v) is 25.6. The van der Waals surface area contributed by atoms with Gasteiger partial charge >= 0.3 is 0 Å². The Kier molecular flexibility index (Phi) is 50.1. The van der Waals surface area contributed by atoms with Gasteiger partial charge in [-0.2, -0.15) is 0 Å². The number of ether oxygens (including phenoxy) is 1. The summed E-state index contributed by atoms with van der Waals surface area (Å²) in [6.45, 7) is 8.62. The normalized spacial score (nSPS) is 21.8. The molecule has 0 spiro atoms. The SMILES string of the molecule is CCCCCCCCCCCCCCCCC1(O)O[C@H](CO)[C@](O)(CCCCCCCCCCCCCCCC)[C@@](O)(CCCCCCCCCCCCCCCC)[C@]1(O)CCCCCCCCCCCCCCCC. The Morgan fingerprint density at radius 2 is 0.421 bits per heavy atom. The Bertz CT molecular complexity index is 1180. The molecule has 0 aromatic carbocycles. The maximum absolute atomic E-state index is 13.5. The lowest BCUT2D eigenvalue weighted by atomic mass is 9.57. The Labute approximate surface area is 476 Å². The summed E-state index contributed by atoms with van der Waals surface area (Å²) in [5.41, 5.74) is -5.98. The third-order valence-electron chi connectivity index (χ3n) is 18.6. The fraction of sp³-hybridized carbons (Fsp3) is 1.00. The van der Waals surface area contributed by atoms with Crippen LogP contribution in [0.5, 0.6) is 0 Å². The molecule has 0 radical (unpaired) electrons. The summed E-state index contributed by atoms with van der Waals surface area (Å²) in [6, 6.07) is 0. The first-order chi connectivity index (χ1) is 37.2. The summed E-state index contributed by atoms with van der Waals surface area (Å²) >= 11 is 0. The molecule has 1 fully saturated rings. The molecule has 6 heteroatoms. The summed E-state index contributed by atoms with van der Waals surface area (Å²) in [5.74, 6) is -2.07. The zero-order valence-corrected chi connectivity index (χ0v) is 52.4. The largest absolute Gasteiger partial charge is 0.394 e. The molecule has 1 aliphatic rings. The molecular weight excluding hydrogens is 937 g/mol. The van der Waals surface area contributed by atoms with E-state index in [0.717, 1.165) is 64.2 Å². The van der Waals surface area contributed by atoms with Gasteiger partial charge in [0, 0.05) is 6.42 Å². The molecule has 0 aromatic rings. The van der Waals surface area contributed by atoms with Crippen LogP contribution < -0.4 is 0 Å². The van der Waals surface area contributed by atoms with E-state index in [9.17, 15) is 25.5 Å². The summed E-state index contributed by atoms with van der Waals surface area (Å²) in [6.07, 6.45) is 68.2. The Balaban J connectivity index is 3.08. The van der Waals surface area contributed by atoms with Gasteiger partial charge in [-0.25, -0.2) is 0 Å². The molecule has 5 atom stereocenters. The second kappa shape index (κ2) is 51.6. The Morgan fingerprint density at radius 1 is 0.237 bits per heavy atom. The molecule has 0 aliphatic carbocycles. The molecular formula is C70H140O6. The molecule has 1 heterocycles. The summed E-state index contributed by atoms with van der Waals surface area (Å²) in [4.78, 5) is 0. The minimum Gasteiger partial charge on any atom is -0.394 e. The number of hydrogen-bond donors (Lipinski definition) is 5. The molecule has 1 unspecified atom stereocenters. The van der Waals surface area contributed by atoms with E-state index in [2.05, 4.69) is 27.7 Å². The van der Waals surface area contributed by atoms with Crippen molar-refractivity contribution >= 4 is 0 Å². The minimum atomic E-state index is -2.07. The lowest BCUT2D eigenvalue weighted by molar-refractivity contribution is -0.446. The highest BCUT2D eigenvalue weighted by Crippen LogP contribution is 2.56. The van der Waals surface area contributed by atoms with Crippen LogP contribution in [0, 0.1) is 0 Å². The summed E-state index contributed by atoms with van der Waals surface area (Å²) in [5, 5.41) is 64.0. The molecule has 1 saturated heterocycles. The van der Waals surface area contributed by atoms with Crippen molar-refractivity contribution < 1.29 is 30.3 Å². The van der Waals surface area contributed by atoms with Gasteiger partial charge in [-0.1, -0.05) is 381 Å². The van der Waals surface area contributed by atoms with E-state index in [1.165, 1.54) is 270 Å². The zero-order valence-electron chi connectivity index (χ0n) is 52.4. The quantitative estimate of drug-likeness (QED) is 0.0388. The average Bonchev–Trinajstić information content (AvgIpc) is 3.54. The minimum absolute atomic E-state index is 0.175. The lowest BCUT2D eigenvalue weighted by Crippen LogP contribution is -2.84. The van der Waals surface area contributed by atoms with Crippen molar-refractivity contribution in [1.82, 2.24) is 0 Å². The molecule has 76 heavy (non-hydrogen) atoms. The predicted octanol–water partition coefficient (Wildman–Crippen LogP) is 21.7. The Morgan fingerprint density at radius 3 is 0.645 bits per heavy atom. The van der Waals surface area contributed by atoms with Crippen molar-refractivity contribution in [1.29, 1.82) is 0 Å². The fourth-order valence-electron chi connectivity index (χ4n) is 13.3. The van der Waals surface area contributed by atoms with E-state index in [4.69, 9.17) is 4.74 Å². The number of aliphatic hydroxyl groups is 5. The van der Waals surface area contributed by atoms with Gasteiger partial charge in [0.2, 0.25) is 0 Å². The van der Waals surface area contributed by atoms with E-state index < -0.39 is 35.3 Å². The standard InChI is InChI=1S/C70H140O6/c1-5-9-13-17-21-25-29-33-37-41-45-49-53-57-61-67(72)66(65-71)76-70(75,64-60-56-52-48-44-40-36-32-28-24-20-16-12-8-4)69(74,63-59-55-51-47-43-39-35-31-27-23-19-15-11-7-3)68(67,73)62-58-54-50-46-42-38-34-30-26-22-18-14-10-6-2/h66,71-75H,5-65H2,1-4H3/t66-,67-,68+,69-,70?/m1/s1. The van der Waals surface area contributed by atoms with Crippen LogP contribution in [-0.4, -0.2) is 60.8 Å². The van der Waals surface area contributed by atoms with Crippen LogP contribution in [0.1, 0.15) is 413 Å². The predicted molar refractivity (Wildman–Crippen MR) is 331 cm³/mol. The molecule has 456 valence electrons. The Hall–Kier alpha value is -0.240. The zero-order chi connectivity index (χ0) is 55.4. The molecule has 0 amide bonds. The van der Waals surface area contributed by atoms with E-state index >= 15 is 0 Å². The topological polar surface area (TPSA) is 110 Å². The van der Waals surface area contributed by atoms with Crippen LogP contribution in [-0.2, 0) is 4.74 Å². The fourth-order valence-corrected chi connectivity index (χ4v) is 13.3. The summed E-state index contributed by atoms with van der Waals surface area (Å²) < 4.78 is 6.57. The highest BCUT2D eigenvalue weighted by Gasteiger charge is 2.75. The van der Waals surface area contributed by atoms with Gasteiger partial charge in [-0.15, -0.1) is 0 Å². The average molecular weight is 1080 g/mol. The third kappa shape index (κ3) is 33.6. The molecule has 1 aliphatic heterocycles. The van der Waals surface area contributed by atoms with Crippen LogP contribution in [0.2, 0.25) is 0 Å². The molecule has 6 nitrogen and oxygen atoms in total. The van der Waals surface area contributed by atoms with Crippen molar-refractivity contribution in [3.05, 3.63) is 0 Å². The van der Waals surface area contributed by atoms with Crippen molar-refractivity contribution in [2.24, 2.45) is 0 Å². The molecule has 1 rings (SSSR count). The van der Waals surface area contributed by atoms with Crippen LogP contribution in [0.3, 0.4) is 0 Å². The van der Waals surface area contributed by atoms with Crippen molar-refractivity contribution in [2.45, 2.75) is 442 Å². The van der Waals surface area contributed by atoms with E-state index in [1.807, 2.05) is 0 Å². The monoisotopic (exact) mass is 1080 g/mol. The lowest BCUT2D eigenvalue weighted by Gasteiger charge is -2.64. The number of hydrogen-bond acceptors (Lipinski definition) is 6. The van der Waals surface area contributed by atoms with Gasteiger partial charge < -0.3 is 30.3 Å². The van der Waals surface area contributed by atoms with E-state index in [-0.39, 0.29) is 25.7 Å². The number of unbranched alkanes of at least 4 members (excludes halogenated alkanes) is 52. The highest BCUT2D eigenvalue weighted by molar-refractivity contribution is 5.22. The highest BCUT2D eigenvalue weighted by atomic mass is 16.7. The second-order valence-electron chi connectivity index (χ2n) is 25.6. The first-order valence-electron chi connectivity index (χ1n) is 35.3. The van der Waals surface area contributed by atoms with Gasteiger partial charge in [0.1, 0.15) is 22.9 Å². The van der Waals surface area contributed by atoms with Gasteiger partial charge in [-0.05, 0) is 25.7 Å². The third-order valence-corrected chi connectivity index (χ3v) is 18.6. The maximum Gasteiger partial charge on any atom is 0.198 e. The van der Waals surface area contributed by atoms with Crippen LogP contribution >= 0.6 is 0 Å². The first-order valence-corrected chi connectivity index (χ1v) is 35.3. The van der Waals surface area contributed by atoms with Crippen LogP contribution in [0.25, 0.3) is 0 Å². The maximum atomic E-state index is 13.5. The van der Waals surface area contributed by atoms with Crippen LogP contribution in [0.4, 0.5) is 0 Å².